The van der Waals surface area contributed by atoms with Crippen LogP contribution in [-0.4, -0.2) is 22.1 Å². The number of aliphatic hydroxyl groups excluding tert-OH is 1. The largest absolute Gasteiger partial charge is 0.419 e. The fraction of sp³-hybridized carbons (Fsp3) is 0.222. The molecule has 1 unspecified atom stereocenters. The zero-order valence-corrected chi connectivity index (χ0v) is 13.3. The highest BCUT2D eigenvalue weighted by atomic mass is 19.1. The zero-order chi connectivity index (χ0) is 17.8. The summed E-state index contributed by atoms with van der Waals surface area (Å²) in [6, 6.07) is 12.4. The number of aromatic nitrogens is 1. The van der Waals surface area contributed by atoms with Crippen LogP contribution in [0.4, 0.5) is 4.39 Å². The summed E-state index contributed by atoms with van der Waals surface area (Å²) in [5.74, 6) is -1.21. The van der Waals surface area contributed by atoms with E-state index in [0.29, 0.717) is 16.7 Å². The quantitative estimate of drug-likeness (QED) is 0.716. The normalized spacial score (nSPS) is 12.2. The van der Waals surface area contributed by atoms with E-state index in [-0.39, 0.29) is 25.4 Å². The van der Waals surface area contributed by atoms with Crippen molar-refractivity contribution in [1.82, 2.24) is 9.88 Å². The van der Waals surface area contributed by atoms with Crippen molar-refractivity contribution >= 4 is 17.0 Å². The number of carbonyl (C=O) groups excluding carboxylic acids is 1. The van der Waals surface area contributed by atoms with Gasteiger partial charge in [0.1, 0.15) is 5.82 Å². The number of fused-ring (bicyclic) bond motifs is 1. The molecule has 1 heterocycles. The molecule has 1 aromatic heterocycles. The number of rotatable bonds is 6. The second-order valence-corrected chi connectivity index (χ2v) is 5.61. The van der Waals surface area contributed by atoms with Crippen LogP contribution in [0.3, 0.4) is 0 Å². The van der Waals surface area contributed by atoms with Gasteiger partial charge in [-0.25, -0.2) is 9.18 Å². The molecule has 0 spiro atoms. The van der Waals surface area contributed by atoms with Gasteiger partial charge in [0, 0.05) is 19.5 Å². The van der Waals surface area contributed by atoms with Gasteiger partial charge in [-0.15, -0.1) is 0 Å². The molecule has 130 valence electrons. The van der Waals surface area contributed by atoms with E-state index in [1.807, 2.05) is 0 Å². The fourth-order valence-electron chi connectivity index (χ4n) is 2.54. The monoisotopic (exact) mass is 344 g/mol. The molecule has 0 fully saturated rings. The van der Waals surface area contributed by atoms with Crippen LogP contribution in [0.25, 0.3) is 11.1 Å². The number of nitrogens with zero attached hydrogens (tertiary/aromatic N) is 1. The molecule has 3 rings (SSSR count). The smallest absolute Gasteiger partial charge is 0.408 e. The summed E-state index contributed by atoms with van der Waals surface area (Å²) in [6.45, 7) is 0.180. The van der Waals surface area contributed by atoms with Gasteiger partial charge in [0.05, 0.1) is 11.6 Å². The first-order valence-electron chi connectivity index (χ1n) is 7.83. The van der Waals surface area contributed by atoms with Gasteiger partial charge >= 0.3 is 5.76 Å². The molecule has 0 aliphatic heterocycles. The number of hydrogen-bond acceptors (Lipinski definition) is 4. The number of halogens is 1. The second-order valence-electron chi connectivity index (χ2n) is 5.61. The van der Waals surface area contributed by atoms with Crippen LogP contribution in [0.1, 0.15) is 18.1 Å². The molecule has 7 heteroatoms. The topological polar surface area (TPSA) is 84.5 Å². The van der Waals surface area contributed by atoms with Crippen LogP contribution in [0.15, 0.2) is 57.7 Å². The molecule has 6 nitrogen and oxygen atoms in total. The zero-order valence-electron chi connectivity index (χ0n) is 13.3. The maximum atomic E-state index is 12.9. The molecular formula is C18H17FN2O4. The van der Waals surface area contributed by atoms with Crippen LogP contribution in [0.2, 0.25) is 0 Å². The van der Waals surface area contributed by atoms with Crippen molar-refractivity contribution in [1.29, 1.82) is 0 Å². The van der Waals surface area contributed by atoms with E-state index in [9.17, 15) is 19.1 Å². The third-order valence-electron chi connectivity index (χ3n) is 3.88. The lowest BCUT2D eigenvalue weighted by Crippen LogP contribution is -2.30. The Labute approximate surface area is 142 Å². The van der Waals surface area contributed by atoms with Gasteiger partial charge in [0.15, 0.2) is 5.58 Å². The average molecular weight is 344 g/mol. The minimum absolute atomic E-state index is 0.00546. The number of aryl methyl sites for hydroxylation is 1. The van der Waals surface area contributed by atoms with Crippen LogP contribution >= 0.6 is 0 Å². The molecule has 3 aromatic rings. The Balaban J connectivity index is 1.55. The maximum Gasteiger partial charge on any atom is 0.419 e. The molecule has 0 saturated heterocycles. The molecule has 0 bridgehead atoms. The van der Waals surface area contributed by atoms with Crippen molar-refractivity contribution < 1.29 is 18.7 Å². The number of carbonyl (C=O) groups is 1. The molecule has 2 aromatic carbocycles. The number of aliphatic hydroxyl groups is 1. The predicted molar refractivity (Wildman–Crippen MR) is 89.5 cm³/mol. The SMILES string of the molecule is O=C(CCn1c(=O)oc2ccccc21)NCC(O)c1ccc(F)cc1. The predicted octanol–water partition coefficient (Wildman–Crippen LogP) is 1.97. The molecule has 1 atom stereocenters. The van der Waals surface area contributed by atoms with Crippen molar-refractivity contribution in [2.24, 2.45) is 0 Å². The third-order valence-corrected chi connectivity index (χ3v) is 3.88. The first-order valence-corrected chi connectivity index (χ1v) is 7.83. The summed E-state index contributed by atoms with van der Waals surface area (Å²) >= 11 is 0. The van der Waals surface area contributed by atoms with Gasteiger partial charge in [-0.2, -0.15) is 0 Å². The van der Waals surface area contributed by atoms with Crippen molar-refractivity contribution in [2.75, 3.05) is 6.54 Å². The molecule has 2 N–H and O–H groups in total. The lowest BCUT2D eigenvalue weighted by Gasteiger charge is -2.12. The van der Waals surface area contributed by atoms with Crippen LogP contribution in [0.5, 0.6) is 0 Å². The standard InChI is InChI=1S/C18H17FN2O4/c19-13-7-5-12(6-8-13)15(22)11-20-17(23)9-10-21-14-3-1-2-4-16(14)25-18(21)24/h1-8,15,22H,9-11H2,(H,20,23). The molecule has 1 amide bonds. The Kier molecular flexibility index (Phi) is 4.95. The summed E-state index contributed by atoms with van der Waals surface area (Å²) < 4.78 is 19.4. The molecule has 0 radical (unpaired) electrons. The van der Waals surface area contributed by atoms with Crippen LogP contribution in [-0.2, 0) is 11.3 Å². The van der Waals surface area contributed by atoms with E-state index < -0.39 is 17.7 Å². The summed E-state index contributed by atoms with van der Waals surface area (Å²) in [7, 11) is 0. The second kappa shape index (κ2) is 7.31. The molecule has 0 aliphatic carbocycles. The van der Waals surface area contributed by atoms with Gasteiger partial charge in [-0.3, -0.25) is 9.36 Å². The van der Waals surface area contributed by atoms with E-state index in [1.165, 1.54) is 28.8 Å². The Morgan fingerprint density at radius 3 is 2.68 bits per heavy atom. The molecular weight excluding hydrogens is 327 g/mol. The number of para-hydroxylation sites is 2. The summed E-state index contributed by atoms with van der Waals surface area (Å²) in [4.78, 5) is 23.8. The van der Waals surface area contributed by atoms with E-state index in [2.05, 4.69) is 5.32 Å². The summed E-state index contributed by atoms with van der Waals surface area (Å²) in [5.41, 5.74) is 1.62. The highest BCUT2D eigenvalue weighted by Crippen LogP contribution is 2.13. The lowest BCUT2D eigenvalue weighted by atomic mass is 10.1. The van der Waals surface area contributed by atoms with Crippen LogP contribution in [0, 0.1) is 5.82 Å². The Hall–Kier alpha value is -2.93. The van der Waals surface area contributed by atoms with Crippen molar-refractivity contribution in [2.45, 2.75) is 19.1 Å². The van der Waals surface area contributed by atoms with Gasteiger partial charge in [0.25, 0.3) is 0 Å². The van der Waals surface area contributed by atoms with Gasteiger partial charge in [0.2, 0.25) is 5.91 Å². The number of amides is 1. The lowest BCUT2D eigenvalue weighted by molar-refractivity contribution is -0.121. The Morgan fingerprint density at radius 2 is 1.92 bits per heavy atom. The van der Waals surface area contributed by atoms with Gasteiger partial charge in [-0.05, 0) is 29.8 Å². The minimum Gasteiger partial charge on any atom is -0.408 e. The van der Waals surface area contributed by atoms with Crippen molar-refractivity contribution in [3.63, 3.8) is 0 Å². The van der Waals surface area contributed by atoms with Gasteiger partial charge in [-0.1, -0.05) is 24.3 Å². The van der Waals surface area contributed by atoms with Crippen molar-refractivity contribution in [3.8, 4) is 0 Å². The molecule has 25 heavy (non-hydrogen) atoms. The Bertz CT molecular complexity index is 930. The van der Waals surface area contributed by atoms with E-state index >= 15 is 0 Å². The van der Waals surface area contributed by atoms with Gasteiger partial charge < -0.3 is 14.8 Å². The number of oxazole rings is 1. The van der Waals surface area contributed by atoms with E-state index in [1.54, 1.807) is 24.3 Å². The van der Waals surface area contributed by atoms with Crippen molar-refractivity contribution in [3.05, 3.63) is 70.5 Å². The first-order chi connectivity index (χ1) is 12.0. The molecule has 0 aliphatic rings. The summed E-state index contributed by atoms with van der Waals surface area (Å²) in [6.07, 6.45) is -0.860. The minimum atomic E-state index is -0.929. The van der Waals surface area contributed by atoms with E-state index in [4.69, 9.17) is 4.42 Å². The van der Waals surface area contributed by atoms with Crippen LogP contribution < -0.4 is 11.1 Å². The third kappa shape index (κ3) is 3.95. The number of hydrogen-bond donors (Lipinski definition) is 2. The Morgan fingerprint density at radius 1 is 1.20 bits per heavy atom. The number of nitrogens with one attached hydrogen (secondary N) is 1. The summed E-state index contributed by atoms with van der Waals surface area (Å²) in [5, 5.41) is 12.6. The highest BCUT2D eigenvalue weighted by molar-refractivity contribution is 5.76. The number of benzene rings is 2. The van der Waals surface area contributed by atoms with E-state index in [0.717, 1.165) is 0 Å². The highest BCUT2D eigenvalue weighted by Gasteiger charge is 2.12. The maximum absolute atomic E-state index is 12.9. The first kappa shape index (κ1) is 16.9. The molecule has 0 saturated carbocycles. The fourth-order valence-corrected chi connectivity index (χ4v) is 2.54. The average Bonchev–Trinajstić information content (AvgIpc) is 2.93.